The number of carbonyl (C=O) groups is 8. The van der Waals surface area contributed by atoms with Crippen LogP contribution in [0.3, 0.4) is 0 Å². The molecule has 0 aromatic heterocycles. The van der Waals surface area contributed by atoms with Gasteiger partial charge in [-0.2, -0.15) is 26.3 Å². The predicted octanol–water partition coefficient (Wildman–Crippen LogP) is 9.38. The van der Waals surface area contributed by atoms with Gasteiger partial charge >= 0.3 is 42.2 Å². The second kappa shape index (κ2) is 31.5. The van der Waals surface area contributed by atoms with Crippen LogP contribution in [0.15, 0.2) is 78.9 Å². The predicted molar refractivity (Wildman–Crippen MR) is 298 cm³/mol. The number of nitrogens with one attached hydrogen (secondary N) is 1. The molecular weight excluding hydrogens is 1150 g/mol. The Morgan fingerprint density at radius 1 is 0.453 bits per heavy atom. The number of hydrogen-bond acceptors (Lipinski definition) is 14. The van der Waals surface area contributed by atoms with Gasteiger partial charge in [0.05, 0.1) is 11.1 Å². The van der Waals surface area contributed by atoms with Crippen molar-refractivity contribution in [3.8, 4) is 0 Å². The third-order valence-electron chi connectivity index (χ3n) is 13.6. The molecule has 86 heavy (non-hydrogen) atoms. The minimum atomic E-state index is -4.76. The van der Waals surface area contributed by atoms with Crippen LogP contribution < -0.4 is 5.32 Å². The van der Waals surface area contributed by atoms with Crippen LogP contribution in [0.1, 0.15) is 123 Å². The van der Waals surface area contributed by atoms with E-state index in [-0.39, 0.29) is 42.4 Å². The molecule has 0 saturated heterocycles. The van der Waals surface area contributed by atoms with Crippen LogP contribution in [-0.4, -0.2) is 150 Å². The van der Waals surface area contributed by atoms with E-state index in [4.69, 9.17) is 23.7 Å². The smallest absolute Gasteiger partial charge is 0.416 e. The second-order valence-corrected chi connectivity index (χ2v) is 23.2. The average Bonchev–Trinajstić information content (AvgIpc) is 2.46. The van der Waals surface area contributed by atoms with Gasteiger partial charge in [0, 0.05) is 46.8 Å². The molecule has 0 aliphatic rings. The fourth-order valence-electron chi connectivity index (χ4n) is 8.88. The Bertz CT molecular complexity index is 2750. The van der Waals surface area contributed by atoms with Crippen molar-refractivity contribution in [3.63, 3.8) is 0 Å². The van der Waals surface area contributed by atoms with E-state index in [1.54, 1.807) is 58.0 Å². The summed E-state index contributed by atoms with van der Waals surface area (Å²) in [5, 5.41) is 2.62. The summed E-state index contributed by atoms with van der Waals surface area (Å²) >= 11 is 0. The normalized spacial score (nSPS) is 15.0. The third kappa shape index (κ3) is 23.2. The van der Waals surface area contributed by atoms with E-state index in [2.05, 4.69) is 5.32 Å². The summed E-state index contributed by atoms with van der Waals surface area (Å²) in [6.07, 6.45) is -19.2. The lowest BCUT2D eigenvalue weighted by molar-refractivity contribution is -0.176. The van der Waals surface area contributed by atoms with Crippen LogP contribution in [0, 0.1) is 11.8 Å². The van der Waals surface area contributed by atoms with Crippen molar-refractivity contribution in [2.45, 2.75) is 187 Å². The Labute approximate surface area is 496 Å². The number of amides is 3. The summed E-state index contributed by atoms with van der Waals surface area (Å²) in [5.41, 5.74) is -5.50. The number of alkyl halides is 8. The van der Waals surface area contributed by atoms with Crippen LogP contribution in [-0.2, 0) is 93.8 Å². The lowest BCUT2D eigenvalue weighted by Gasteiger charge is -2.35. The molecule has 0 radical (unpaired) electrons. The third-order valence-corrected chi connectivity index (χ3v) is 13.6. The van der Waals surface area contributed by atoms with E-state index in [9.17, 15) is 69.1 Å². The highest BCUT2D eigenvalue weighted by molar-refractivity contribution is 5.93. The van der Waals surface area contributed by atoms with E-state index < -0.39 is 157 Å². The zero-order valence-electron chi connectivity index (χ0n) is 50.9. The number of carbonyl (C=O) groups excluding carboxylic acids is 8. The van der Waals surface area contributed by atoms with Crippen molar-refractivity contribution in [2.75, 3.05) is 28.2 Å². The average molecular weight is 1230 g/mol. The largest absolute Gasteiger partial charge is 0.458 e. The summed E-state index contributed by atoms with van der Waals surface area (Å²) in [5.74, 6) is -9.75. The first-order chi connectivity index (χ1) is 39.6. The topological polar surface area (TPSA) is 204 Å². The highest BCUT2D eigenvalue weighted by atomic mass is 19.4. The maximum Gasteiger partial charge on any atom is 0.416 e. The van der Waals surface area contributed by atoms with Crippen molar-refractivity contribution in [1.29, 1.82) is 0 Å². The molecule has 0 heterocycles. The molecule has 3 rings (SSSR count). The van der Waals surface area contributed by atoms with Gasteiger partial charge < -0.3 is 43.7 Å². The number of benzene rings is 3. The maximum atomic E-state index is 15.8. The van der Waals surface area contributed by atoms with Crippen molar-refractivity contribution in [2.24, 2.45) is 11.8 Å². The highest BCUT2D eigenvalue weighted by Gasteiger charge is 2.43. The summed E-state index contributed by atoms with van der Waals surface area (Å²) in [7, 11) is 4.68. The van der Waals surface area contributed by atoms with Crippen molar-refractivity contribution in [1.82, 2.24) is 20.0 Å². The van der Waals surface area contributed by atoms with Crippen molar-refractivity contribution < 1.29 is 97.2 Å². The van der Waals surface area contributed by atoms with Gasteiger partial charge in [-0.05, 0) is 114 Å². The van der Waals surface area contributed by atoms with Gasteiger partial charge in [0.25, 0.3) is 17.7 Å². The number of halogens is 8. The first-order valence-corrected chi connectivity index (χ1v) is 27.8. The number of hydrogen-bond donors (Lipinski definition) is 1. The van der Waals surface area contributed by atoms with Gasteiger partial charge in [0.2, 0.25) is 0 Å². The molecule has 8 atom stereocenters. The molecule has 0 fully saturated rings. The monoisotopic (exact) mass is 1230 g/mol. The molecule has 17 nitrogen and oxygen atoms in total. The Balaban J connectivity index is 2.00. The molecule has 1 N–H and O–H groups in total. The molecule has 25 heteroatoms. The molecule has 0 aliphatic carbocycles. The van der Waals surface area contributed by atoms with Gasteiger partial charge in [-0.1, -0.05) is 82.3 Å². The SMILES string of the molecule is CN[C@@H](CC(C)(C)F)C(=O)O[C@H](Cc1ccc(C(F)(F)F)cc1)C(=O)N(C)[C@@H](CC(C)C)C(=O)O[C@H](C)C(=O)N(C)[C@@H](CC(C)(C)F)C(=O)O[C@H](Cc1ccc(C(F)(F)F)cc1)C(=O)N(C)[C@@H](CC(C)C)C(=O)O[C@H](C)C(=O)OCc1ccccc1. The Morgan fingerprint density at radius 2 is 0.826 bits per heavy atom. The van der Waals surface area contributed by atoms with Crippen LogP contribution in [0.5, 0.6) is 0 Å². The van der Waals surface area contributed by atoms with Gasteiger partial charge in [-0.25, -0.2) is 28.0 Å². The summed E-state index contributed by atoms with van der Waals surface area (Å²) in [6, 6.07) is 9.43. The van der Waals surface area contributed by atoms with Crippen molar-refractivity contribution in [3.05, 3.63) is 107 Å². The Kier molecular flexibility index (Phi) is 26.7. The molecule has 0 bridgehead atoms. The zero-order valence-corrected chi connectivity index (χ0v) is 50.9. The van der Waals surface area contributed by atoms with E-state index in [0.29, 0.717) is 10.5 Å². The van der Waals surface area contributed by atoms with Gasteiger partial charge in [-0.15, -0.1) is 0 Å². The van der Waals surface area contributed by atoms with E-state index in [1.165, 1.54) is 27.8 Å². The summed E-state index contributed by atoms with van der Waals surface area (Å²) in [4.78, 5) is 115. The lowest BCUT2D eigenvalue weighted by Crippen LogP contribution is -2.54. The molecule has 3 amide bonds. The van der Waals surface area contributed by atoms with E-state index in [1.807, 2.05) is 0 Å². The van der Waals surface area contributed by atoms with Crippen LogP contribution >= 0.6 is 0 Å². The molecule has 478 valence electrons. The van der Waals surface area contributed by atoms with Crippen LogP contribution in [0.2, 0.25) is 0 Å². The number of ether oxygens (including phenoxy) is 5. The first kappa shape index (κ1) is 73.1. The standard InChI is InChI=1S/C61H80F8N4O13/c1-35(2)28-45(71(12)51(75)48(85-54(78)44(70-11)32-58(7,8)62)30-39-20-24-42(25-21-39)60(64,65)66)55(79)83-37(5)50(74)73(14)47(33-59(9,10)63)57(81)86-49(31-40-22-26-43(27-23-40)61(67,68)69)52(76)72(13)46(29-36(3)4)56(80)84-38(6)53(77)82-34-41-18-16-15-17-19-41/h15-27,35-38,44-49,70H,28-34H2,1-14H3/t37-,38-,44+,45+,46+,47+,48-,49-/m1/s1. The molecule has 0 spiro atoms. The van der Waals surface area contributed by atoms with Crippen molar-refractivity contribution >= 4 is 47.6 Å². The first-order valence-electron chi connectivity index (χ1n) is 27.8. The minimum absolute atomic E-state index is 0.0223. The Morgan fingerprint density at radius 3 is 1.20 bits per heavy atom. The quantitative estimate of drug-likeness (QED) is 0.0375. The Hall–Kier alpha value is -7.18. The maximum absolute atomic E-state index is 15.8. The molecule has 3 aromatic carbocycles. The van der Waals surface area contributed by atoms with Crippen LogP contribution in [0.4, 0.5) is 35.1 Å². The highest BCUT2D eigenvalue weighted by Crippen LogP contribution is 2.32. The molecule has 3 aromatic rings. The molecular formula is C61H80F8N4O13. The second-order valence-electron chi connectivity index (χ2n) is 23.2. The van der Waals surface area contributed by atoms with Gasteiger partial charge in [0.1, 0.15) is 42.1 Å². The summed E-state index contributed by atoms with van der Waals surface area (Å²) in [6.45, 7) is 13.4. The number of likely N-dealkylation sites (N-methyl/N-ethyl adjacent to an activating group) is 4. The van der Waals surface area contributed by atoms with Gasteiger partial charge in [-0.3, -0.25) is 19.2 Å². The number of nitrogens with zero attached hydrogens (tertiary/aromatic N) is 3. The number of rotatable bonds is 30. The molecule has 0 saturated carbocycles. The lowest BCUT2D eigenvalue weighted by atomic mass is 9.98. The van der Waals surface area contributed by atoms with E-state index >= 15 is 4.39 Å². The zero-order chi connectivity index (χ0) is 65.4. The molecule has 0 aliphatic heterocycles. The van der Waals surface area contributed by atoms with Gasteiger partial charge in [0.15, 0.2) is 24.4 Å². The number of esters is 5. The van der Waals surface area contributed by atoms with Crippen LogP contribution in [0.25, 0.3) is 0 Å². The summed E-state index contributed by atoms with van der Waals surface area (Å²) < 4.78 is 140. The van der Waals surface area contributed by atoms with E-state index in [0.717, 1.165) is 100 Å². The minimum Gasteiger partial charge on any atom is -0.458 e. The fraction of sp³-hybridized carbons (Fsp3) is 0.574. The molecule has 0 unspecified atom stereocenters. The fourth-order valence-corrected chi connectivity index (χ4v) is 8.88.